The van der Waals surface area contributed by atoms with Crippen molar-refractivity contribution in [2.45, 2.75) is 19.8 Å². The van der Waals surface area contributed by atoms with Gasteiger partial charge in [0.1, 0.15) is 6.61 Å². The van der Waals surface area contributed by atoms with Gasteiger partial charge >= 0.3 is 0 Å². The van der Waals surface area contributed by atoms with Gasteiger partial charge < -0.3 is 9.64 Å². The third kappa shape index (κ3) is 4.44. The van der Waals surface area contributed by atoms with E-state index in [9.17, 15) is 13.2 Å². The maximum Gasteiger partial charge on any atom is 0.253 e. The molecule has 0 atom stereocenters. The first kappa shape index (κ1) is 15.8. The zero-order valence-corrected chi connectivity index (χ0v) is 12.9. The molecule has 0 aliphatic carbocycles. The molecule has 116 valence electrons. The summed E-state index contributed by atoms with van der Waals surface area (Å²) in [4.78, 5) is 13.4. The molecule has 1 fully saturated rings. The molecule has 1 aromatic carbocycles. The maximum absolute atomic E-state index is 11.8. The second-order valence-electron chi connectivity index (χ2n) is 4.92. The minimum Gasteiger partial charge on any atom is -0.370 e. The van der Waals surface area contributed by atoms with Crippen LogP contribution in [0.25, 0.3) is 0 Å². The van der Waals surface area contributed by atoms with E-state index in [0.717, 1.165) is 12.1 Å². The van der Waals surface area contributed by atoms with Crippen LogP contribution in [0.1, 0.15) is 19.8 Å². The smallest absolute Gasteiger partial charge is 0.253 e. The Hall–Kier alpha value is -1.60. The molecule has 2 rings (SSSR count). The van der Waals surface area contributed by atoms with Crippen molar-refractivity contribution in [2.24, 2.45) is 0 Å². The lowest BCUT2D eigenvalue weighted by Crippen LogP contribution is -2.41. The highest BCUT2D eigenvalue weighted by atomic mass is 32.2. The number of benzene rings is 1. The number of amides is 1. The molecule has 1 heterocycles. The van der Waals surface area contributed by atoms with Crippen LogP contribution in [0.4, 0.5) is 11.4 Å². The maximum atomic E-state index is 11.8. The van der Waals surface area contributed by atoms with Crippen molar-refractivity contribution in [3.8, 4) is 0 Å². The molecule has 1 N–H and O–H groups in total. The summed E-state index contributed by atoms with van der Waals surface area (Å²) in [6.07, 6.45) is 1.47. The number of nitrogens with one attached hydrogen (secondary N) is 1. The first-order chi connectivity index (χ1) is 10.0. The first-order valence-electron chi connectivity index (χ1n) is 7.00. The minimum absolute atomic E-state index is 0.0856. The van der Waals surface area contributed by atoms with Crippen molar-refractivity contribution in [3.63, 3.8) is 0 Å². The van der Waals surface area contributed by atoms with E-state index in [-0.39, 0.29) is 18.3 Å². The third-order valence-electron chi connectivity index (χ3n) is 3.20. The topological polar surface area (TPSA) is 75.7 Å². The molecule has 6 nitrogen and oxygen atoms in total. The Morgan fingerprint density at radius 3 is 2.62 bits per heavy atom. The molecule has 1 aromatic rings. The summed E-state index contributed by atoms with van der Waals surface area (Å²) in [7, 11) is -3.30. The molecule has 0 bridgehead atoms. The predicted molar refractivity (Wildman–Crippen MR) is 81.9 cm³/mol. The molecular formula is C14H20N2O4S. The van der Waals surface area contributed by atoms with Gasteiger partial charge in [-0.15, -0.1) is 0 Å². The van der Waals surface area contributed by atoms with E-state index in [1.165, 1.54) is 0 Å². The van der Waals surface area contributed by atoms with Crippen LogP contribution in [0, 0.1) is 0 Å². The molecule has 0 spiro atoms. The van der Waals surface area contributed by atoms with E-state index in [4.69, 9.17) is 4.74 Å². The van der Waals surface area contributed by atoms with Crippen LogP contribution in [0.5, 0.6) is 0 Å². The van der Waals surface area contributed by atoms with Crippen molar-refractivity contribution < 1.29 is 17.9 Å². The van der Waals surface area contributed by atoms with Gasteiger partial charge in [-0.3, -0.25) is 9.52 Å². The molecule has 0 radical (unpaired) electrons. The van der Waals surface area contributed by atoms with E-state index in [0.29, 0.717) is 25.3 Å². The Kier molecular flexibility index (Phi) is 5.19. The van der Waals surface area contributed by atoms with Crippen LogP contribution < -0.4 is 9.62 Å². The van der Waals surface area contributed by atoms with Crippen molar-refractivity contribution in [1.82, 2.24) is 0 Å². The highest BCUT2D eigenvalue weighted by Crippen LogP contribution is 2.20. The SMILES string of the molecule is CCCCS(=O)(=O)Nc1ccc(N2CCOCC2=O)cc1. The highest BCUT2D eigenvalue weighted by Gasteiger charge is 2.20. The Morgan fingerprint density at radius 2 is 2.00 bits per heavy atom. The fourth-order valence-corrected chi connectivity index (χ4v) is 3.33. The summed E-state index contributed by atoms with van der Waals surface area (Å²) in [5.41, 5.74) is 1.26. The summed E-state index contributed by atoms with van der Waals surface area (Å²) in [6, 6.07) is 6.81. The number of hydrogen-bond acceptors (Lipinski definition) is 4. The zero-order valence-electron chi connectivity index (χ0n) is 12.0. The fourth-order valence-electron chi connectivity index (χ4n) is 2.07. The van der Waals surface area contributed by atoms with E-state index in [2.05, 4.69) is 4.72 Å². The first-order valence-corrected chi connectivity index (χ1v) is 8.66. The molecule has 7 heteroatoms. The monoisotopic (exact) mass is 312 g/mol. The quantitative estimate of drug-likeness (QED) is 0.865. The molecule has 0 unspecified atom stereocenters. The molecule has 21 heavy (non-hydrogen) atoms. The van der Waals surface area contributed by atoms with Crippen molar-refractivity contribution in [1.29, 1.82) is 0 Å². The number of ether oxygens (including phenoxy) is 1. The molecule has 0 aromatic heterocycles. The number of hydrogen-bond donors (Lipinski definition) is 1. The van der Waals surface area contributed by atoms with Gasteiger partial charge in [-0.2, -0.15) is 0 Å². The predicted octanol–water partition coefficient (Wildman–Crippen LogP) is 1.59. The van der Waals surface area contributed by atoms with Crippen LogP contribution in [0.15, 0.2) is 24.3 Å². The van der Waals surface area contributed by atoms with Gasteiger partial charge in [0.05, 0.1) is 12.4 Å². The lowest BCUT2D eigenvalue weighted by Gasteiger charge is -2.26. The molecule has 1 saturated heterocycles. The normalized spacial score (nSPS) is 16.0. The Bertz CT molecular complexity index is 583. The highest BCUT2D eigenvalue weighted by molar-refractivity contribution is 7.92. The third-order valence-corrected chi connectivity index (χ3v) is 4.58. The molecule has 1 aliphatic heterocycles. The summed E-state index contributed by atoms with van der Waals surface area (Å²) in [5.74, 6) is 0.0326. The van der Waals surface area contributed by atoms with Gasteiger partial charge in [0.15, 0.2) is 0 Å². The second-order valence-corrected chi connectivity index (χ2v) is 6.76. The number of anilines is 2. The summed E-state index contributed by atoms with van der Waals surface area (Å²) in [5, 5.41) is 0. The average Bonchev–Trinajstić information content (AvgIpc) is 2.46. The molecule has 0 saturated carbocycles. The van der Waals surface area contributed by atoms with Crippen LogP contribution in [0.3, 0.4) is 0 Å². The van der Waals surface area contributed by atoms with Crippen LogP contribution in [-0.2, 0) is 19.6 Å². The van der Waals surface area contributed by atoms with Crippen molar-refractivity contribution in [3.05, 3.63) is 24.3 Å². The van der Waals surface area contributed by atoms with Gasteiger partial charge in [0, 0.05) is 17.9 Å². The van der Waals surface area contributed by atoms with Crippen LogP contribution >= 0.6 is 0 Å². The van der Waals surface area contributed by atoms with Crippen molar-refractivity contribution >= 4 is 27.3 Å². The van der Waals surface area contributed by atoms with E-state index < -0.39 is 10.0 Å². The Morgan fingerprint density at radius 1 is 1.29 bits per heavy atom. The van der Waals surface area contributed by atoms with E-state index in [1.54, 1.807) is 29.2 Å². The number of unbranched alkanes of at least 4 members (excludes halogenated alkanes) is 1. The van der Waals surface area contributed by atoms with E-state index in [1.807, 2.05) is 6.92 Å². The number of sulfonamides is 1. The largest absolute Gasteiger partial charge is 0.370 e. The fraction of sp³-hybridized carbons (Fsp3) is 0.500. The lowest BCUT2D eigenvalue weighted by molar-refractivity contribution is -0.125. The van der Waals surface area contributed by atoms with Gasteiger partial charge in [-0.05, 0) is 30.7 Å². The average molecular weight is 312 g/mol. The molecular weight excluding hydrogens is 292 g/mol. The second kappa shape index (κ2) is 6.91. The van der Waals surface area contributed by atoms with Gasteiger partial charge in [-0.25, -0.2) is 8.42 Å². The number of carbonyl (C=O) groups is 1. The standard InChI is InChI=1S/C14H20N2O4S/c1-2-3-10-21(18,19)15-12-4-6-13(7-5-12)16-8-9-20-11-14(16)17/h4-7,15H,2-3,8-11H2,1H3. The van der Waals surface area contributed by atoms with E-state index >= 15 is 0 Å². The van der Waals surface area contributed by atoms with Gasteiger partial charge in [0.25, 0.3) is 5.91 Å². The summed E-state index contributed by atoms with van der Waals surface area (Å²) >= 11 is 0. The number of carbonyl (C=O) groups excluding carboxylic acids is 1. The Labute approximate surface area is 125 Å². The zero-order chi connectivity index (χ0) is 15.3. The molecule has 1 amide bonds. The van der Waals surface area contributed by atoms with Crippen molar-refractivity contribution in [2.75, 3.05) is 35.1 Å². The van der Waals surface area contributed by atoms with Crippen LogP contribution in [0.2, 0.25) is 0 Å². The Balaban J connectivity index is 2.03. The number of rotatable bonds is 6. The van der Waals surface area contributed by atoms with Crippen LogP contribution in [-0.4, -0.2) is 39.8 Å². The summed E-state index contributed by atoms with van der Waals surface area (Å²) in [6.45, 7) is 3.06. The summed E-state index contributed by atoms with van der Waals surface area (Å²) < 4.78 is 31.2. The number of nitrogens with zero attached hydrogens (tertiary/aromatic N) is 1. The minimum atomic E-state index is -3.30. The lowest BCUT2D eigenvalue weighted by atomic mass is 10.2. The number of morpholine rings is 1. The molecule has 1 aliphatic rings. The van der Waals surface area contributed by atoms with Gasteiger partial charge in [-0.1, -0.05) is 13.3 Å². The van der Waals surface area contributed by atoms with Gasteiger partial charge in [0.2, 0.25) is 10.0 Å².